The van der Waals surface area contributed by atoms with Gasteiger partial charge < -0.3 is 24.8 Å². The van der Waals surface area contributed by atoms with Crippen molar-refractivity contribution < 1.29 is 14.3 Å². The van der Waals surface area contributed by atoms with Crippen LogP contribution in [0, 0.1) is 5.41 Å². The lowest BCUT2D eigenvalue weighted by Gasteiger charge is -2.28. The number of ether oxygens (including phenoxy) is 1. The van der Waals surface area contributed by atoms with Crippen molar-refractivity contribution >= 4 is 45.9 Å². The molecular weight excluding hydrogens is 534 g/mol. The van der Waals surface area contributed by atoms with Gasteiger partial charge in [-0.3, -0.25) is 15.0 Å². The maximum atomic E-state index is 13.5. The van der Waals surface area contributed by atoms with Crippen LogP contribution in [0.1, 0.15) is 65.1 Å². The molecule has 1 amide bonds. The van der Waals surface area contributed by atoms with E-state index in [0.29, 0.717) is 29.8 Å². The van der Waals surface area contributed by atoms with Crippen LogP contribution in [0.4, 0.5) is 11.4 Å². The number of amides is 1. The van der Waals surface area contributed by atoms with Crippen molar-refractivity contribution in [3.8, 4) is 5.75 Å². The highest BCUT2D eigenvalue weighted by Crippen LogP contribution is 2.40. The second-order valence-corrected chi connectivity index (χ2v) is 10.6. The summed E-state index contributed by atoms with van der Waals surface area (Å²) >= 11 is 0. The third-order valence-corrected chi connectivity index (χ3v) is 6.41. The molecular formula is C28H40BrN5O3. The molecule has 8 nitrogen and oxygen atoms in total. The molecule has 1 aliphatic heterocycles. The largest absolute Gasteiger partial charge is 0.491 e. The van der Waals surface area contributed by atoms with Gasteiger partial charge >= 0.3 is 0 Å². The summed E-state index contributed by atoms with van der Waals surface area (Å²) in [7, 11) is 9.25. The van der Waals surface area contributed by atoms with Crippen molar-refractivity contribution in [1.82, 2.24) is 10.2 Å². The molecule has 0 aromatic heterocycles. The standard InChI is InChI=1S/C28H39N5O3.BrH/c1-10-36-25-21(28(2,3)4)11-17(12-23(25)32(8)9)24(34)16-33-15-18-13-22(31(6)7)20(27(35)30-5)14-19(18)26(33)29;/h11-14,29H,10,15-16H2,1-9H3,(H,30,35);1H. The van der Waals surface area contributed by atoms with Crippen molar-refractivity contribution in [3.63, 3.8) is 0 Å². The van der Waals surface area contributed by atoms with Crippen molar-refractivity contribution in [2.24, 2.45) is 0 Å². The van der Waals surface area contributed by atoms with E-state index in [4.69, 9.17) is 10.1 Å². The molecule has 0 bridgehead atoms. The summed E-state index contributed by atoms with van der Waals surface area (Å²) in [6.07, 6.45) is 0. The molecule has 2 aromatic rings. The van der Waals surface area contributed by atoms with Gasteiger partial charge in [0.05, 0.1) is 24.4 Å². The molecule has 0 radical (unpaired) electrons. The Morgan fingerprint density at radius 2 is 1.68 bits per heavy atom. The molecule has 1 heterocycles. The molecule has 0 saturated heterocycles. The molecule has 1 aliphatic rings. The van der Waals surface area contributed by atoms with Gasteiger partial charge in [0, 0.05) is 64.2 Å². The van der Waals surface area contributed by atoms with Gasteiger partial charge in [0.1, 0.15) is 11.6 Å². The number of hydrogen-bond donors (Lipinski definition) is 2. The molecule has 2 N–H and O–H groups in total. The summed E-state index contributed by atoms with van der Waals surface area (Å²) in [5, 5.41) is 11.4. The highest BCUT2D eigenvalue weighted by Gasteiger charge is 2.30. The van der Waals surface area contributed by atoms with Gasteiger partial charge in [0.15, 0.2) is 5.78 Å². The van der Waals surface area contributed by atoms with Crippen LogP contribution >= 0.6 is 17.0 Å². The molecule has 2 aromatic carbocycles. The molecule has 9 heteroatoms. The Hall–Kier alpha value is -3.07. The van der Waals surface area contributed by atoms with Crippen LogP contribution in [0.2, 0.25) is 0 Å². The number of nitrogens with one attached hydrogen (secondary N) is 2. The number of hydrogen-bond acceptors (Lipinski definition) is 6. The summed E-state index contributed by atoms with van der Waals surface area (Å²) in [6.45, 7) is 9.34. The molecule has 0 unspecified atom stereocenters. The van der Waals surface area contributed by atoms with Gasteiger partial charge in [-0.05, 0) is 42.2 Å². The predicted octanol–water partition coefficient (Wildman–Crippen LogP) is 4.48. The van der Waals surface area contributed by atoms with E-state index < -0.39 is 0 Å². The minimum Gasteiger partial charge on any atom is -0.491 e. The Kier molecular flexibility index (Phi) is 9.41. The molecule has 0 aliphatic carbocycles. The maximum Gasteiger partial charge on any atom is 0.253 e. The van der Waals surface area contributed by atoms with Gasteiger partial charge in [-0.25, -0.2) is 0 Å². The number of halogens is 1. The Bertz CT molecular complexity index is 1200. The number of carbonyl (C=O) groups excluding carboxylic acids is 2. The second kappa shape index (κ2) is 11.5. The quantitative estimate of drug-likeness (QED) is 0.453. The van der Waals surface area contributed by atoms with E-state index in [-0.39, 0.29) is 46.5 Å². The highest BCUT2D eigenvalue weighted by molar-refractivity contribution is 8.93. The van der Waals surface area contributed by atoms with Crippen molar-refractivity contribution in [1.29, 1.82) is 5.41 Å². The zero-order valence-electron chi connectivity index (χ0n) is 23.4. The Balaban J connectivity index is 0.00000481. The minimum absolute atomic E-state index is 0. The topological polar surface area (TPSA) is 89.0 Å². The summed E-state index contributed by atoms with van der Waals surface area (Å²) in [5.74, 6) is 0.780. The van der Waals surface area contributed by atoms with Crippen molar-refractivity contribution in [3.05, 3.63) is 52.1 Å². The zero-order chi connectivity index (χ0) is 26.9. The molecule has 0 saturated carbocycles. The fourth-order valence-electron chi connectivity index (χ4n) is 4.48. The Morgan fingerprint density at radius 1 is 1.05 bits per heavy atom. The van der Waals surface area contributed by atoms with E-state index in [1.54, 1.807) is 18.0 Å². The number of benzene rings is 2. The van der Waals surface area contributed by atoms with Gasteiger partial charge in [0.2, 0.25) is 0 Å². The van der Waals surface area contributed by atoms with E-state index in [2.05, 4.69) is 26.1 Å². The Morgan fingerprint density at radius 3 is 2.19 bits per heavy atom. The summed E-state index contributed by atoms with van der Waals surface area (Å²) in [6, 6.07) is 7.51. The first kappa shape index (κ1) is 30.2. The van der Waals surface area contributed by atoms with E-state index in [1.165, 1.54) is 0 Å². The average molecular weight is 575 g/mol. The number of amidine groups is 1. The third-order valence-electron chi connectivity index (χ3n) is 6.41. The van der Waals surface area contributed by atoms with Crippen LogP contribution in [0.25, 0.3) is 0 Å². The number of anilines is 2. The molecule has 0 spiro atoms. The predicted molar refractivity (Wildman–Crippen MR) is 157 cm³/mol. The van der Waals surface area contributed by atoms with Crippen LogP contribution < -0.4 is 19.9 Å². The maximum absolute atomic E-state index is 13.5. The fourth-order valence-corrected chi connectivity index (χ4v) is 4.48. The SMILES string of the molecule is Br.CCOc1c(N(C)C)cc(C(=O)CN2Cc3cc(N(C)C)c(C(=O)NC)cc3C2=N)cc1C(C)(C)C. The lowest BCUT2D eigenvalue weighted by molar-refractivity contribution is 0.0955. The average Bonchev–Trinajstić information content (AvgIpc) is 3.11. The van der Waals surface area contributed by atoms with Gasteiger partial charge in [-0.2, -0.15) is 0 Å². The molecule has 3 rings (SSSR count). The van der Waals surface area contributed by atoms with Gasteiger partial charge in [-0.15, -0.1) is 17.0 Å². The summed E-state index contributed by atoms with van der Waals surface area (Å²) in [4.78, 5) is 31.6. The van der Waals surface area contributed by atoms with E-state index in [1.807, 2.05) is 63.1 Å². The molecule has 0 fully saturated rings. The fraction of sp³-hybridized carbons (Fsp3) is 0.464. The summed E-state index contributed by atoms with van der Waals surface area (Å²) in [5.41, 5.74) is 5.12. The number of nitrogens with zero attached hydrogens (tertiary/aromatic N) is 3. The van der Waals surface area contributed by atoms with Crippen LogP contribution in [0.3, 0.4) is 0 Å². The van der Waals surface area contributed by atoms with Crippen LogP contribution in [-0.4, -0.2) is 70.8 Å². The highest BCUT2D eigenvalue weighted by atomic mass is 79.9. The van der Waals surface area contributed by atoms with Crippen LogP contribution in [-0.2, 0) is 12.0 Å². The third kappa shape index (κ3) is 6.09. The minimum atomic E-state index is -0.221. The number of Topliss-reactive ketones (excluding diaryl/α,β-unsaturated/α-hetero) is 1. The first-order valence-corrected chi connectivity index (χ1v) is 12.2. The van der Waals surface area contributed by atoms with Crippen molar-refractivity contribution in [2.45, 2.75) is 39.7 Å². The molecule has 0 atom stereocenters. The van der Waals surface area contributed by atoms with E-state index in [0.717, 1.165) is 28.3 Å². The zero-order valence-corrected chi connectivity index (χ0v) is 25.1. The summed E-state index contributed by atoms with van der Waals surface area (Å²) < 4.78 is 6.02. The first-order valence-electron chi connectivity index (χ1n) is 12.2. The first-order chi connectivity index (χ1) is 16.8. The second-order valence-electron chi connectivity index (χ2n) is 10.6. The number of carbonyl (C=O) groups is 2. The molecule has 37 heavy (non-hydrogen) atoms. The van der Waals surface area contributed by atoms with Crippen LogP contribution in [0.5, 0.6) is 5.75 Å². The lowest BCUT2D eigenvalue weighted by atomic mass is 9.84. The normalized spacial score (nSPS) is 12.6. The smallest absolute Gasteiger partial charge is 0.253 e. The van der Waals surface area contributed by atoms with Gasteiger partial charge in [0.25, 0.3) is 5.91 Å². The van der Waals surface area contributed by atoms with E-state index >= 15 is 0 Å². The lowest BCUT2D eigenvalue weighted by Crippen LogP contribution is -2.30. The van der Waals surface area contributed by atoms with Crippen molar-refractivity contribution in [2.75, 3.05) is 58.2 Å². The number of fused-ring (bicyclic) bond motifs is 1. The molecule has 202 valence electrons. The van der Waals surface area contributed by atoms with Gasteiger partial charge in [-0.1, -0.05) is 20.8 Å². The number of rotatable bonds is 8. The number of ketones is 1. The van der Waals surface area contributed by atoms with E-state index in [9.17, 15) is 9.59 Å². The van der Waals surface area contributed by atoms with Crippen LogP contribution in [0.15, 0.2) is 24.3 Å². The monoisotopic (exact) mass is 573 g/mol. The Labute approximate surface area is 231 Å².